The van der Waals surface area contributed by atoms with Gasteiger partial charge in [-0.3, -0.25) is 4.79 Å². The Labute approximate surface area is 117 Å². The number of rotatable bonds is 5. The molecule has 0 aliphatic carbocycles. The largest absolute Gasteiger partial charge is 0.326 e. The number of amides is 1. The van der Waals surface area contributed by atoms with Crippen LogP contribution in [-0.4, -0.2) is 12.0 Å². The molecule has 4 nitrogen and oxygen atoms in total. The molecule has 0 atom stereocenters. The van der Waals surface area contributed by atoms with Crippen LogP contribution in [0.1, 0.15) is 12.0 Å². The molecule has 0 spiro atoms. The summed E-state index contributed by atoms with van der Waals surface area (Å²) in [7, 11) is 0. The van der Waals surface area contributed by atoms with Crippen molar-refractivity contribution in [3.05, 3.63) is 60.2 Å². The lowest BCUT2D eigenvalue weighted by molar-refractivity contribution is -0.116. The maximum atomic E-state index is 11.8. The molecular formula is C16H14N2O2. The fraction of sp³-hybridized carbons (Fsp3) is 0.125. The molecule has 0 heterocycles. The van der Waals surface area contributed by atoms with Crippen molar-refractivity contribution in [1.82, 2.24) is 0 Å². The maximum Gasteiger partial charge on any atom is 0.240 e. The van der Waals surface area contributed by atoms with E-state index in [1.165, 1.54) is 6.08 Å². The van der Waals surface area contributed by atoms with Crippen LogP contribution in [0.3, 0.4) is 0 Å². The van der Waals surface area contributed by atoms with Crippen LogP contribution in [-0.2, 0) is 16.0 Å². The summed E-state index contributed by atoms with van der Waals surface area (Å²) in [6.45, 7) is 0. The molecule has 0 aliphatic heterocycles. The number of hydrogen-bond donors (Lipinski definition) is 1. The molecular weight excluding hydrogens is 252 g/mol. The predicted molar refractivity (Wildman–Crippen MR) is 77.6 cm³/mol. The molecule has 4 heteroatoms. The van der Waals surface area contributed by atoms with E-state index in [4.69, 9.17) is 0 Å². The summed E-state index contributed by atoms with van der Waals surface area (Å²) in [6, 6.07) is 16.6. The fourth-order valence-electron chi connectivity index (χ4n) is 1.80. The van der Waals surface area contributed by atoms with Crippen molar-refractivity contribution in [3.8, 4) is 0 Å². The molecule has 0 saturated carbocycles. The van der Waals surface area contributed by atoms with E-state index >= 15 is 0 Å². The first-order valence-corrected chi connectivity index (χ1v) is 6.29. The van der Waals surface area contributed by atoms with Gasteiger partial charge in [0.1, 0.15) is 0 Å². The highest BCUT2D eigenvalue weighted by atomic mass is 16.1. The Balaban J connectivity index is 1.86. The third-order valence-electron chi connectivity index (χ3n) is 2.81. The first-order chi connectivity index (χ1) is 9.78. The summed E-state index contributed by atoms with van der Waals surface area (Å²) in [5, 5.41) is 2.80. The summed E-state index contributed by atoms with van der Waals surface area (Å²) in [4.78, 5) is 25.4. The number of aryl methyl sites for hydroxylation is 1. The van der Waals surface area contributed by atoms with Crippen molar-refractivity contribution >= 4 is 23.4 Å². The van der Waals surface area contributed by atoms with Crippen LogP contribution in [0.4, 0.5) is 11.4 Å². The van der Waals surface area contributed by atoms with Crippen LogP contribution in [0.5, 0.6) is 0 Å². The molecule has 2 rings (SSSR count). The fourth-order valence-corrected chi connectivity index (χ4v) is 1.80. The number of aliphatic imine (C=N–C) groups is 1. The lowest BCUT2D eigenvalue weighted by atomic mass is 10.1. The quantitative estimate of drug-likeness (QED) is 0.667. The molecule has 0 saturated heterocycles. The molecule has 0 unspecified atom stereocenters. The van der Waals surface area contributed by atoms with E-state index in [2.05, 4.69) is 10.3 Å². The second-order valence-corrected chi connectivity index (χ2v) is 4.28. The van der Waals surface area contributed by atoms with Gasteiger partial charge in [-0.2, -0.15) is 4.99 Å². The molecule has 0 fully saturated rings. The smallest absolute Gasteiger partial charge is 0.240 e. The van der Waals surface area contributed by atoms with E-state index in [9.17, 15) is 9.59 Å². The Hall–Kier alpha value is -2.71. The summed E-state index contributed by atoms with van der Waals surface area (Å²) in [5.41, 5.74) is 2.34. The SMILES string of the molecule is O=C=Nc1ccc(NC(=O)CCc2ccccc2)cc1. The Morgan fingerprint density at radius 1 is 1.05 bits per heavy atom. The highest BCUT2D eigenvalue weighted by molar-refractivity contribution is 5.90. The molecule has 20 heavy (non-hydrogen) atoms. The average Bonchev–Trinajstić information content (AvgIpc) is 2.49. The molecule has 1 N–H and O–H groups in total. The third kappa shape index (κ3) is 4.19. The monoisotopic (exact) mass is 266 g/mol. The van der Waals surface area contributed by atoms with Gasteiger partial charge in [-0.05, 0) is 36.2 Å². The molecule has 2 aromatic rings. The van der Waals surface area contributed by atoms with Gasteiger partial charge in [0.05, 0.1) is 5.69 Å². The van der Waals surface area contributed by atoms with E-state index in [1.54, 1.807) is 24.3 Å². The van der Waals surface area contributed by atoms with Gasteiger partial charge in [0, 0.05) is 12.1 Å². The van der Waals surface area contributed by atoms with E-state index in [0.29, 0.717) is 24.2 Å². The molecule has 100 valence electrons. The Morgan fingerprint density at radius 3 is 2.40 bits per heavy atom. The summed E-state index contributed by atoms with van der Waals surface area (Å²) in [6.07, 6.45) is 2.61. The van der Waals surface area contributed by atoms with Crippen LogP contribution >= 0.6 is 0 Å². The van der Waals surface area contributed by atoms with Crippen LogP contribution in [0.15, 0.2) is 59.6 Å². The third-order valence-corrected chi connectivity index (χ3v) is 2.81. The van der Waals surface area contributed by atoms with Gasteiger partial charge in [-0.25, -0.2) is 4.79 Å². The summed E-state index contributed by atoms with van der Waals surface area (Å²) in [5.74, 6) is -0.0412. The average molecular weight is 266 g/mol. The minimum atomic E-state index is -0.0412. The van der Waals surface area contributed by atoms with Gasteiger partial charge in [-0.15, -0.1) is 0 Å². The molecule has 0 aromatic heterocycles. The second-order valence-electron chi connectivity index (χ2n) is 4.28. The van der Waals surface area contributed by atoms with Crippen molar-refractivity contribution in [2.45, 2.75) is 12.8 Å². The Morgan fingerprint density at radius 2 is 1.75 bits per heavy atom. The maximum absolute atomic E-state index is 11.8. The number of benzene rings is 2. The first-order valence-electron chi connectivity index (χ1n) is 6.29. The lowest BCUT2D eigenvalue weighted by Crippen LogP contribution is -2.12. The number of carbonyl (C=O) groups excluding carboxylic acids is 2. The van der Waals surface area contributed by atoms with Crippen molar-refractivity contribution in [2.24, 2.45) is 4.99 Å². The van der Waals surface area contributed by atoms with Crippen molar-refractivity contribution in [3.63, 3.8) is 0 Å². The normalized spacial score (nSPS) is 9.60. The zero-order valence-electron chi connectivity index (χ0n) is 10.9. The van der Waals surface area contributed by atoms with Crippen LogP contribution in [0, 0.1) is 0 Å². The number of anilines is 1. The van der Waals surface area contributed by atoms with E-state index < -0.39 is 0 Å². The number of nitrogens with zero attached hydrogens (tertiary/aromatic N) is 1. The number of carbonyl (C=O) groups is 1. The van der Waals surface area contributed by atoms with Gasteiger partial charge in [0.15, 0.2) is 0 Å². The zero-order valence-corrected chi connectivity index (χ0v) is 10.9. The highest BCUT2D eigenvalue weighted by Gasteiger charge is 2.03. The topological polar surface area (TPSA) is 58.5 Å². The Bertz CT molecular complexity index is 615. The predicted octanol–water partition coefficient (Wildman–Crippen LogP) is 3.23. The molecule has 1 amide bonds. The number of nitrogens with one attached hydrogen (secondary N) is 1. The van der Waals surface area contributed by atoms with Crippen LogP contribution in [0.25, 0.3) is 0 Å². The minimum absolute atomic E-state index is 0.0412. The van der Waals surface area contributed by atoms with Crippen LogP contribution in [0.2, 0.25) is 0 Å². The van der Waals surface area contributed by atoms with Gasteiger partial charge in [0.25, 0.3) is 0 Å². The molecule has 2 aromatic carbocycles. The van der Waals surface area contributed by atoms with Crippen molar-refractivity contribution < 1.29 is 9.59 Å². The van der Waals surface area contributed by atoms with Crippen molar-refractivity contribution in [2.75, 3.05) is 5.32 Å². The van der Waals surface area contributed by atoms with Crippen LogP contribution < -0.4 is 5.32 Å². The van der Waals surface area contributed by atoms with Gasteiger partial charge >= 0.3 is 0 Å². The zero-order chi connectivity index (χ0) is 14.2. The molecule has 0 aliphatic rings. The highest BCUT2D eigenvalue weighted by Crippen LogP contribution is 2.16. The Kier molecular flexibility index (Phi) is 4.81. The second kappa shape index (κ2) is 7.02. The van der Waals surface area contributed by atoms with Gasteiger partial charge in [-0.1, -0.05) is 30.3 Å². The number of isocyanates is 1. The number of hydrogen-bond acceptors (Lipinski definition) is 3. The minimum Gasteiger partial charge on any atom is -0.326 e. The first kappa shape index (κ1) is 13.7. The van der Waals surface area contributed by atoms with E-state index in [-0.39, 0.29) is 5.91 Å². The van der Waals surface area contributed by atoms with Gasteiger partial charge in [0.2, 0.25) is 12.0 Å². The summed E-state index contributed by atoms with van der Waals surface area (Å²) >= 11 is 0. The molecule has 0 radical (unpaired) electrons. The lowest BCUT2D eigenvalue weighted by Gasteiger charge is -2.05. The summed E-state index contributed by atoms with van der Waals surface area (Å²) < 4.78 is 0. The molecule has 0 bridgehead atoms. The van der Waals surface area contributed by atoms with Crippen molar-refractivity contribution in [1.29, 1.82) is 0 Å². The van der Waals surface area contributed by atoms with E-state index in [1.807, 2.05) is 30.3 Å². The van der Waals surface area contributed by atoms with Gasteiger partial charge < -0.3 is 5.32 Å². The standard InChI is InChI=1S/C16H14N2O2/c19-12-17-14-7-9-15(10-8-14)18-16(20)11-6-13-4-2-1-3-5-13/h1-5,7-10H,6,11H2,(H,18,20). The van der Waals surface area contributed by atoms with E-state index in [0.717, 1.165) is 5.56 Å².